The first kappa shape index (κ1) is 8.81. The minimum absolute atomic E-state index is 0.0712. The summed E-state index contributed by atoms with van der Waals surface area (Å²) >= 11 is 1.18. The second-order valence-corrected chi connectivity index (χ2v) is 3.07. The molecule has 0 aromatic carbocycles. The number of carbonyl (C=O) groups excluding carboxylic acids is 1. The van der Waals surface area contributed by atoms with Crippen molar-refractivity contribution in [3.63, 3.8) is 0 Å². The maximum atomic E-state index is 10.5. The molecule has 0 fully saturated rings. The van der Waals surface area contributed by atoms with E-state index >= 15 is 0 Å². The fourth-order valence-electron chi connectivity index (χ4n) is 0.523. The van der Waals surface area contributed by atoms with Crippen LogP contribution < -0.4 is 0 Å². The number of H-pyrrole nitrogens is 1. The van der Waals surface area contributed by atoms with Crippen LogP contribution in [0.25, 0.3) is 0 Å². The van der Waals surface area contributed by atoms with Crippen LogP contribution in [-0.2, 0) is 4.79 Å². The van der Waals surface area contributed by atoms with E-state index in [1.807, 2.05) is 0 Å². The van der Waals surface area contributed by atoms with Crippen LogP contribution in [0, 0.1) is 11.8 Å². The van der Waals surface area contributed by atoms with E-state index in [9.17, 15) is 4.79 Å². The summed E-state index contributed by atoms with van der Waals surface area (Å²) < 4.78 is 0. The number of carbonyl (C=O) groups is 1. The van der Waals surface area contributed by atoms with Gasteiger partial charge in [-0.1, -0.05) is 17.7 Å². The summed E-state index contributed by atoms with van der Waals surface area (Å²) in [5.74, 6) is 6.53. The van der Waals surface area contributed by atoms with E-state index in [0.717, 1.165) is 0 Å². The highest BCUT2D eigenvalue weighted by molar-refractivity contribution is 8.13. The maximum Gasteiger partial charge on any atom is 0.200 e. The van der Waals surface area contributed by atoms with Gasteiger partial charge in [-0.3, -0.25) is 9.89 Å². The van der Waals surface area contributed by atoms with E-state index in [1.165, 1.54) is 25.0 Å². The predicted molar refractivity (Wildman–Crippen MR) is 46.4 cm³/mol. The molecule has 4 nitrogen and oxygen atoms in total. The van der Waals surface area contributed by atoms with Crippen molar-refractivity contribution in [1.29, 1.82) is 0 Å². The zero-order valence-electron chi connectivity index (χ0n) is 6.50. The van der Waals surface area contributed by atoms with Crippen molar-refractivity contribution in [2.75, 3.05) is 5.75 Å². The van der Waals surface area contributed by atoms with Crippen molar-refractivity contribution >= 4 is 16.9 Å². The Labute approximate surface area is 74.2 Å². The lowest BCUT2D eigenvalue weighted by Gasteiger charge is -1.83. The summed E-state index contributed by atoms with van der Waals surface area (Å²) in [5.41, 5.74) is 0. The van der Waals surface area contributed by atoms with Crippen molar-refractivity contribution in [1.82, 2.24) is 15.2 Å². The Hall–Kier alpha value is -1.28. The summed E-state index contributed by atoms with van der Waals surface area (Å²) in [6.07, 6.45) is 1.39. The lowest BCUT2D eigenvalue weighted by molar-refractivity contribution is -0.109. The number of nitrogens with one attached hydrogen (secondary N) is 1. The third-order valence-corrected chi connectivity index (χ3v) is 1.66. The van der Waals surface area contributed by atoms with Gasteiger partial charge in [0.1, 0.15) is 6.33 Å². The van der Waals surface area contributed by atoms with Crippen molar-refractivity contribution in [3.05, 3.63) is 12.2 Å². The van der Waals surface area contributed by atoms with Crippen LogP contribution in [0.15, 0.2) is 6.33 Å². The van der Waals surface area contributed by atoms with Gasteiger partial charge in [-0.15, -0.1) is 0 Å². The average molecular weight is 181 g/mol. The molecule has 1 N–H and O–H groups in total. The molecule has 12 heavy (non-hydrogen) atoms. The topological polar surface area (TPSA) is 58.6 Å². The molecule has 5 heteroatoms. The molecule has 1 aromatic heterocycles. The van der Waals surface area contributed by atoms with E-state index in [1.54, 1.807) is 0 Å². The Morgan fingerprint density at radius 3 is 3.25 bits per heavy atom. The number of nitrogens with zero attached hydrogens (tertiary/aromatic N) is 2. The van der Waals surface area contributed by atoms with Gasteiger partial charge in [0.15, 0.2) is 5.12 Å². The maximum absolute atomic E-state index is 10.5. The number of aromatic nitrogens is 3. The summed E-state index contributed by atoms with van der Waals surface area (Å²) in [5, 5.41) is 6.29. The molecule has 0 aliphatic carbocycles. The Morgan fingerprint density at radius 2 is 2.67 bits per heavy atom. The Kier molecular flexibility index (Phi) is 3.35. The molecule has 0 aliphatic heterocycles. The molecule has 1 heterocycles. The standard InChI is InChI=1S/C7H7N3OS/c1-6(11)12-4-2-3-7-8-5-9-10-7/h5H,4H2,1H3,(H,8,9,10). The molecule has 0 aliphatic rings. The van der Waals surface area contributed by atoms with Crippen molar-refractivity contribution in [3.8, 4) is 11.8 Å². The van der Waals surface area contributed by atoms with Gasteiger partial charge in [0.25, 0.3) is 0 Å². The third kappa shape index (κ3) is 3.21. The van der Waals surface area contributed by atoms with Gasteiger partial charge in [-0.05, 0) is 5.92 Å². The van der Waals surface area contributed by atoms with Gasteiger partial charge in [0.05, 0.1) is 5.75 Å². The Balaban J connectivity index is 2.35. The first-order valence-corrected chi connectivity index (χ1v) is 4.25. The second-order valence-electron chi connectivity index (χ2n) is 1.92. The van der Waals surface area contributed by atoms with Crippen molar-refractivity contribution in [2.24, 2.45) is 0 Å². The van der Waals surface area contributed by atoms with Crippen LogP contribution >= 0.6 is 11.8 Å². The van der Waals surface area contributed by atoms with Crippen LogP contribution in [0.4, 0.5) is 0 Å². The lowest BCUT2D eigenvalue weighted by Crippen LogP contribution is -1.83. The fourth-order valence-corrected chi connectivity index (χ4v) is 0.871. The zero-order valence-corrected chi connectivity index (χ0v) is 7.31. The Bertz CT molecular complexity index is 309. The van der Waals surface area contributed by atoms with E-state index < -0.39 is 0 Å². The minimum atomic E-state index is 0.0712. The quantitative estimate of drug-likeness (QED) is 0.638. The monoisotopic (exact) mass is 181 g/mol. The number of thioether (sulfide) groups is 1. The number of hydrogen-bond acceptors (Lipinski definition) is 4. The molecule has 0 saturated heterocycles. The third-order valence-electron chi connectivity index (χ3n) is 0.969. The predicted octanol–water partition coefficient (Wildman–Crippen LogP) is 0.436. The molecular formula is C7H7N3OS. The number of rotatable bonds is 1. The summed E-state index contributed by atoms with van der Waals surface area (Å²) in [6, 6.07) is 0. The lowest BCUT2D eigenvalue weighted by atomic mass is 10.6. The van der Waals surface area contributed by atoms with Crippen LogP contribution in [0.3, 0.4) is 0 Å². The smallest absolute Gasteiger partial charge is 0.200 e. The molecular weight excluding hydrogens is 174 g/mol. The highest BCUT2D eigenvalue weighted by Gasteiger charge is 1.89. The summed E-state index contributed by atoms with van der Waals surface area (Å²) in [4.78, 5) is 14.3. The number of hydrogen-bond donors (Lipinski definition) is 1. The molecule has 0 saturated carbocycles. The molecule has 0 spiro atoms. The highest BCUT2D eigenvalue weighted by Crippen LogP contribution is 1.97. The molecule has 1 rings (SSSR count). The molecule has 0 unspecified atom stereocenters. The first-order chi connectivity index (χ1) is 5.79. The van der Waals surface area contributed by atoms with Crippen LogP contribution in [-0.4, -0.2) is 26.0 Å². The normalized spacial score (nSPS) is 8.75. The molecule has 0 bridgehead atoms. The van der Waals surface area contributed by atoms with Gasteiger partial charge < -0.3 is 0 Å². The van der Waals surface area contributed by atoms with Gasteiger partial charge in [0.2, 0.25) is 5.82 Å². The molecule has 62 valence electrons. The summed E-state index contributed by atoms with van der Waals surface area (Å²) in [7, 11) is 0. The molecule has 0 atom stereocenters. The van der Waals surface area contributed by atoms with Crippen molar-refractivity contribution in [2.45, 2.75) is 6.92 Å². The van der Waals surface area contributed by atoms with Crippen LogP contribution in [0.1, 0.15) is 12.7 Å². The van der Waals surface area contributed by atoms with E-state index in [-0.39, 0.29) is 5.12 Å². The fraction of sp³-hybridized carbons (Fsp3) is 0.286. The average Bonchev–Trinajstić information content (AvgIpc) is 2.49. The van der Waals surface area contributed by atoms with E-state index in [2.05, 4.69) is 27.0 Å². The van der Waals surface area contributed by atoms with Gasteiger partial charge in [-0.2, -0.15) is 5.10 Å². The minimum Gasteiger partial charge on any atom is -0.288 e. The molecule has 1 aromatic rings. The number of aromatic amines is 1. The van der Waals surface area contributed by atoms with E-state index in [4.69, 9.17) is 0 Å². The van der Waals surface area contributed by atoms with Crippen molar-refractivity contribution < 1.29 is 4.79 Å². The molecule has 0 amide bonds. The SMILES string of the molecule is CC(=O)SCC#Cc1ncn[nH]1. The molecule has 0 radical (unpaired) electrons. The second kappa shape index (κ2) is 4.57. The largest absolute Gasteiger partial charge is 0.288 e. The zero-order chi connectivity index (χ0) is 8.81. The van der Waals surface area contributed by atoms with Gasteiger partial charge >= 0.3 is 0 Å². The van der Waals surface area contributed by atoms with Crippen LogP contribution in [0.5, 0.6) is 0 Å². The highest BCUT2D eigenvalue weighted by atomic mass is 32.2. The van der Waals surface area contributed by atoms with Gasteiger partial charge in [0, 0.05) is 6.92 Å². The van der Waals surface area contributed by atoms with Crippen LogP contribution in [0.2, 0.25) is 0 Å². The van der Waals surface area contributed by atoms with E-state index in [0.29, 0.717) is 11.6 Å². The Morgan fingerprint density at radius 1 is 1.83 bits per heavy atom. The summed E-state index contributed by atoms with van der Waals surface area (Å²) in [6.45, 7) is 1.51. The van der Waals surface area contributed by atoms with Gasteiger partial charge in [-0.25, -0.2) is 4.98 Å². The first-order valence-electron chi connectivity index (χ1n) is 3.26.